The summed E-state index contributed by atoms with van der Waals surface area (Å²) in [5.74, 6) is 0.938. The van der Waals surface area contributed by atoms with E-state index in [1.54, 1.807) is 0 Å². The molecule has 0 amide bonds. The highest BCUT2D eigenvalue weighted by molar-refractivity contribution is 5.20. The van der Waals surface area contributed by atoms with Crippen LogP contribution >= 0.6 is 0 Å². The van der Waals surface area contributed by atoms with Crippen LogP contribution in [0.2, 0.25) is 0 Å². The standard InChI is InChI=1S/C16H27NO/c1-2-3-4-5-7-10-15(17)13-14-18-16-11-8-6-9-12-16/h6,8-9,11-12,15H,2-5,7,10,13-14,17H2,1H3. The second-order valence-electron chi connectivity index (χ2n) is 4.91. The van der Waals surface area contributed by atoms with Crippen molar-refractivity contribution in [2.75, 3.05) is 6.61 Å². The van der Waals surface area contributed by atoms with E-state index >= 15 is 0 Å². The number of nitrogens with two attached hydrogens (primary N) is 1. The maximum atomic E-state index is 6.07. The number of hydrogen-bond acceptors (Lipinski definition) is 2. The molecule has 0 bridgehead atoms. The van der Waals surface area contributed by atoms with E-state index < -0.39 is 0 Å². The summed E-state index contributed by atoms with van der Waals surface area (Å²) >= 11 is 0. The van der Waals surface area contributed by atoms with E-state index in [-0.39, 0.29) is 6.04 Å². The Morgan fingerprint density at radius 3 is 2.44 bits per heavy atom. The quantitative estimate of drug-likeness (QED) is 0.632. The number of unbranched alkanes of at least 4 members (excludes halogenated alkanes) is 4. The second-order valence-corrected chi connectivity index (χ2v) is 4.91. The van der Waals surface area contributed by atoms with E-state index in [2.05, 4.69) is 6.92 Å². The van der Waals surface area contributed by atoms with E-state index in [1.807, 2.05) is 30.3 Å². The molecule has 18 heavy (non-hydrogen) atoms. The summed E-state index contributed by atoms with van der Waals surface area (Å²) in [7, 11) is 0. The fraction of sp³-hybridized carbons (Fsp3) is 0.625. The molecule has 0 aromatic heterocycles. The minimum Gasteiger partial charge on any atom is -0.494 e. The third-order valence-electron chi connectivity index (χ3n) is 3.18. The van der Waals surface area contributed by atoms with Crippen LogP contribution in [0.15, 0.2) is 30.3 Å². The van der Waals surface area contributed by atoms with Gasteiger partial charge in [0.2, 0.25) is 0 Å². The lowest BCUT2D eigenvalue weighted by molar-refractivity contribution is 0.293. The van der Waals surface area contributed by atoms with Gasteiger partial charge in [-0.05, 0) is 25.0 Å². The number of ether oxygens (including phenoxy) is 1. The molecule has 1 atom stereocenters. The van der Waals surface area contributed by atoms with Crippen molar-refractivity contribution in [2.45, 2.75) is 57.9 Å². The first kappa shape index (κ1) is 15.0. The predicted molar refractivity (Wildman–Crippen MR) is 77.9 cm³/mol. The Labute approximate surface area is 112 Å². The van der Waals surface area contributed by atoms with Gasteiger partial charge in [-0.3, -0.25) is 0 Å². The third kappa shape index (κ3) is 7.33. The van der Waals surface area contributed by atoms with Crippen molar-refractivity contribution in [1.82, 2.24) is 0 Å². The lowest BCUT2D eigenvalue weighted by Crippen LogP contribution is -2.22. The van der Waals surface area contributed by atoms with Crippen LogP contribution in [0.1, 0.15) is 51.9 Å². The molecule has 0 aliphatic carbocycles. The molecule has 0 heterocycles. The molecule has 0 saturated heterocycles. The Bertz CT molecular complexity index is 286. The highest BCUT2D eigenvalue weighted by Gasteiger charge is 2.02. The zero-order valence-electron chi connectivity index (χ0n) is 11.6. The van der Waals surface area contributed by atoms with Crippen LogP contribution in [0, 0.1) is 0 Å². The summed E-state index contributed by atoms with van der Waals surface area (Å²) < 4.78 is 5.64. The van der Waals surface area contributed by atoms with Crippen molar-refractivity contribution in [3.8, 4) is 5.75 Å². The molecular weight excluding hydrogens is 222 g/mol. The van der Waals surface area contributed by atoms with Crippen LogP contribution < -0.4 is 10.5 Å². The highest BCUT2D eigenvalue weighted by atomic mass is 16.5. The summed E-state index contributed by atoms with van der Waals surface area (Å²) in [6, 6.07) is 10.2. The zero-order chi connectivity index (χ0) is 13.1. The first-order valence-electron chi connectivity index (χ1n) is 7.26. The molecule has 0 aliphatic heterocycles. The molecule has 2 heteroatoms. The molecule has 0 radical (unpaired) electrons. The summed E-state index contributed by atoms with van der Waals surface area (Å²) in [4.78, 5) is 0. The Kier molecular flexibility index (Phi) is 8.32. The average Bonchev–Trinajstić information content (AvgIpc) is 2.40. The van der Waals surface area contributed by atoms with Crippen LogP contribution in [-0.2, 0) is 0 Å². The molecular formula is C16H27NO. The van der Waals surface area contributed by atoms with E-state index in [0.717, 1.165) is 25.2 Å². The SMILES string of the molecule is CCCCCCCC(N)CCOc1ccccc1. The molecule has 102 valence electrons. The van der Waals surface area contributed by atoms with E-state index in [9.17, 15) is 0 Å². The van der Waals surface area contributed by atoms with Crippen LogP contribution in [0.3, 0.4) is 0 Å². The van der Waals surface area contributed by atoms with Gasteiger partial charge in [-0.25, -0.2) is 0 Å². The normalized spacial score (nSPS) is 12.3. The summed E-state index contributed by atoms with van der Waals surface area (Å²) in [6.45, 7) is 2.97. The van der Waals surface area contributed by atoms with Gasteiger partial charge in [0, 0.05) is 6.04 Å². The van der Waals surface area contributed by atoms with Gasteiger partial charge in [0.05, 0.1) is 6.61 Å². The van der Waals surface area contributed by atoms with Crippen molar-refractivity contribution in [3.63, 3.8) is 0 Å². The molecule has 1 aromatic rings. The molecule has 1 aromatic carbocycles. The molecule has 1 unspecified atom stereocenters. The van der Waals surface area contributed by atoms with Crippen LogP contribution in [-0.4, -0.2) is 12.6 Å². The lowest BCUT2D eigenvalue weighted by atomic mass is 10.1. The first-order valence-corrected chi connectivity index (χ1v) is 7.26. The van der Waals surface area contributed by atoms with Gasteiger partial charge in [-0.2, -0.15) is 0 Å². The van der Waals surface area contributed by atoms with Gasteiger partial charge < -0.3 is 10.5 Å². The van der Waals surface area contributed by atoms with Crippen molar-refractivity contribution in [1.29, 1.82) is 0 Å². The van der Waals surface area contributed by atoms with E-state index in [4.69, 9.17) is 10.5 Å². The van der Waals surface area contributed by atoms with Gasteiger partial charge in [0.15, 0.2) is 0 Å². The Balaban J connectivity index is 1.98. The number of benzene rings is 1. The number of rotatable bonds is 10. The maximum Gasteiger partial charge on any atom is 0.119 e. The molecule has 0 fully saturated rings. The van der Waals surface area contributed by atoms with Gasteiger partial charge in [0.1, 0.15) is 5.75 Å². The monoisotopic (exact) mass is 249 g/mol. The van der Waals surface area contributed by atoms with Crippen LogP contribution in [0.25, 0.3) is 0 Å². The van der Waals surface area contributed by atoms with Gasteiger partial charge >= 0.3 is 0 Å². The van der Waals surface area contributed by atoms with Gasteiger partial charge in [-0.15, -0.1) is 0 Å². The average molecular weight is 249 g/mol. The van der Waals surface area contributed by atoms with Crippen LogP contribution in [0.4, 0.5) is 0 Å². The van der Waals surface area contributed by atoms with E-state index in [1.165, 1.54) is 32.1 Å². The molecule has 0 spiro atoms. The molecule has 0 aliphatic rings. The topological polar surface area (TPSA) is 35.2 Å². The second kappa shape index (κ2) is 9.95. The molecule has 0 saturated carbocycles. The Morgan fingerprint density at radius 2 is 1.72 bits per heavy atom. The Morgan fingerprint density at radius 1 is 1.00 bits per heavy atom. The first-order chi connectivity index (χ1) is 8.83. The maximum absolute atomic E-state index is 6.07. The minimum atomic E-state index is 0.287. The third-order valence-corrected chi connectivity index (χ3v) is 3.18. The number of hydrogen-bond donors (Lipinski definition) is 1. The number of para-hydroxylation sites is 1. The van der Waals surface area contributed by atoms with Crippen molar-refractivity contribution in [2.24, 2.45) is 5.73 Å². The van der Waals surface area contributed by atoms with Crippen molar-refractivity contribution in [3.05, 3.63) is 30.3 Å². The van der Waals surface area contributed by atoms with Crippen LogP contribution in [0.5, 0.6) is 5.75 Å². The van der Waals surface area contributed by atoms with E-state index in [0.29, 0.717) is 0 Å². The summed E-state index contributed by atoms with van der Waals surface area (Å²) in [6.07, 6.45) is 8.66. The molecule has 2 nitrogen and oxygen atoms in total. The predicted octanol–water partition coefficient (Wildman–Crippen LogP) is 4.14. The zero-order valence-corrected chi connectivity index (χ0v) is 11.6. The fourth-order valence-corrected chi connectivity index (χ4v) is 2.00. The van der Waals surface area contributed by atoms with Crippen molar-refractivity contribution >= 4 is 0 Å². The lowest BCUT2D eigenvalue weighted by Gasteiger charge is -2.12. The minimum absolute atomic E-state index is 0.287. The molecule has 1 rings (SSSR count). The van der Waals surface area contributed by atoms with Gasteiger partial charge in [0.25, 0.3) is 0 Å². The summed E-state index contributed by atoms with van der Waals surface area (Å²) in [5.41, 5.74) is 6.07. The highest BCUT2D eigenvalue weighted by Crippen LogP contribution is 2.11. The fourth-order valence-electron chi connectivity index (χ4n) is 2.00. The smallest absolute Gasteiger partial charge is 0.119 e. The summed E-state index contributed by atoms with van der Waals surface area (Å²) in [5, 5.41) is 0. The van der Waals surface area contributed by atoms with Gasteiger partial charge in [-0.1, -0.05) is 57.2 Å². The Hall–Kier alpha value is -1.02. The van der Waals surface area contributed by atoms with Crippen molar-refractivity contribution < 1.29 is 4.74 Å². The molecule has 2 N–H and O–H groups in total. The largest absolute Gasteiger partial charge is 0.494 e.